The van der Waals surface area contributed by atoms with E-state index in [1.165, 1.54) is 17.3 Å². The highest BCUT2D eigenvalue weighted by Gasteiger charge is 2.23. The normalized spacial score (nSPS) is 18.0. The topological polar surface area (TPSA) is 41.5 Å². The molecule has 0 spiro atoms. The van der Waals surface area contributed by atoms with E-state index in [9.17, 15) is 4.79 Å². The Morgan fingerprint density at radius 3 is 2.59 bits per heavy atom. The van der Waals surface area contributed by atoms with Crippen LogP contribution in [-0.2, 0) is 11.2 Å². The molecule has 3 rings (SSSR count). The molecule has 0 saturated carbocycles. The first-order valence-electron chi connectivity index (χ1n) is 7.19. The van der Waals surface area contributed by atoms with Crippen molar-refractivity contribution in [1.82, 2.24) is 5.32 Å². The first kappa shape index (κ1) is 14.6. The second kappa shape index (κ2) is 6.62. The van der Waals surface area contributed by atoms with Gasteiger partial charge in [0, 0.05) is 0 Å². The Bertz CT molecular complexity index is 751. The fourth-order valence-corrected chi connectivity index (χ4v) is 3.04. The minimum atomic E-state index is -0.0958. The number of para-hydroxylation sites is 1. The van der Waals surface area contributed by atoms with Crippen molar-refractivity contribution in [3.05, 3.63) is 70.6 Å². The smallest absolute Gasteiger partial charge is 0.264 e. The van der Waals surface area contributed by atoms with E-state index in [2.05, 4.69) is 23.3 Å². The predicted octanol–water partition coefficient (Wildman–Crippen LogP) is 4.14. The van der Waals surface area contributed by atoms with E-state index in [4.69, 9.17) is 0 Å². The van der Waals surface area contributed by atoms with Crippen molar-refractivity contribution in [2.75, 3.05) is 0 Å². The molecule has 1 amide bonds. The van der Waals surface area contributed by atoms with Gasteiger partial charge in [0.1, 0.15) is 0 Å². The van der Waals surface area contributed by atoms with E-state index in [1.807, 2.05) is 54.6 Å². The number of hydrogen-bond acceptors (Lipinski definition) is 3. The van der Waals surface area contributed by atoms with Gasteiger partial charge in [0.25, 0.3) is 5.91 Å². The highest BCUT2D eigenvalue weighted by molar-refractivity contribution is 8.18. The number of carbonyl (C=O) groups excluding carboxylic acids is 1. The van der Waals surface area contributed by atoms with Gasteiger partial charge in [0.2, 0.25) is 0 Å². The molecule has 0 aliphatic carbocycles. The Labute approximate surface area is 134 Å². The number of rotatable bonds is 3. The van der Waals surface area contributed by atoms with Crippen molar-refractivity contribution < 1.29 is 4.79 Å². The largest absolute Gasteiger partial charge is 0.300 e. The van der Waals surface area contributed by atoms with Crippen LogP contribution in [0.3, 0.4) is 0 Å². The van der Waals surface area contributed by atoms with E-state index in [1.54, 1.807) is 0 Å². The molecule has 1 N–H and O–H groups in total. The van der Waals surface area contributed by atoms with Gasteiger partial charge >= 0.3 is 0 Å². The third-order valence-corrected chi connectivity index (χ3v) is 4.25. The lowest BCUT2D eigenvalue weighted by molar-refractivity contribution is -0.115. The Hall–Kier alpha value is -2.33. The summed E-state index contributed by atoms with van der Waals surface area (Å²) >= 11 is 1.38. The molecule has 110 valence electrons. The number of nitrogens with zero attached hydrogens (tertiary/aromatic N) is 1. The molecule has 0 radical (unpaired) electrons. The van der Waals surface area contributed by atoms with Crippen molar-refractivity contribution >= 4 is 34.6 Å². The average Bonchev–Trinajstić information content (AvgIpc) is 2.88. The van der Waals surface area contributed by atoms with Crippen molar-refractivity contribution in [2.24, 2.45) is 4.99 Å². The minimum Gasteiger partial charge on any atom is -0.300 e. The Morgan fingerprint density at radius 1 is 1.09 bits per heavy atom. The van der Waals surface area contributed by atoms with E-state index in [0.29, 0.717) is 10.1 Å². The maximum atomic E-state index is 12.1. The Kier molecular flexibility index (Phi) is 4.39. The van der Waals surface area contributed by atoms with Crippen LogP contribution >= 0.6 is 11.8 Å². The van der Waals surface area contributed by atoms with Crippen molar-refractivity contribution in [3.8, 4) is 0 Å². The molecule has 1 aliphatic heterocycles. The zero-order valence-electron chi connectivity index (χ0n) is 12.2. The molecule has 2 aromatic rings. The second-order valence-corrected chi connectivity index (χ2v) is 5.91. The van der Waals surface area contributed by atoms with Crippen molar-refractivity contribution in [2.45, 2.75) is 13.3 Å². The van der Waals surface area contributed by atoms with Gasteiger partial charge in [0.05, 0.1) is 10.6 Å². The van der Waals surface area contributed by atoms with Gasteiger partial charge < -0.3 is 5.32 Å². The zero-order valence-corrected chi connectivity index (χ0v) is 13.1. The molecule has 2 aromatic carbocycles. The lowest BCUT2D eigenvalue weighted by atomic mass is 10.1. The van der Waals surface area contributed by atoms with Crippen molar-refractivity contribution in [1.29, 1.82) is 0 Å². The van der Waals surface area contributed by atoms with Crippen LogP contribution in [-0.4, -0.2) is 11.1 Å². The summed E-state index contributed by atoms with van der Waals surface area (Å²) in [5.74, 6) is -0.0958. The molecule has 3 nitrogen and oxygen atoms in total. The van der Waals surface area contributed by atoms with Gasteiger partial charge in [-0.2, -0.15) is 0 Å². The molecule has 0 atom stereocenters. The summed E-state index contributed by atoms with van der Waals surface area (Å²) in [6, 6.07) is 17.8. The second-order valence-electron chi connectivity index (χ2n) is 4.87. The summed E-state index contributed by atoms with van der Waals surface area (Å²) in [4.78, 5) is 17.3. The van der Waals surface area contributed by atoms with Gasteiger partial charge in [-0.05, 0) is 41.5 Å². The molecular formula is C18H16N2OS. The summed E-state index contributed by atoms with van der Waals surface area (Å²) in [5.41, 5.74) is 3.09. The highest BCUT2D eigenvalue weighted by atomic mass is 32.2. The Balaban J connectivity index is 1.85. The third kappa shape index (κ3) is 3.28. The van der Waals surface area contributed by atoms with Crippen LogP contribution in [0.25, 0.3) is 6.08 Å². The van der Waals surface area contributed by atoms with Crippen LogP contribution in [0.1, 0.15) is 18.1 Å². The summed E-state index contributed by atoms with van der Waals surface area (Å²) in [6.07, 6.45) is 2.80. The van der Waals surface area contributed by atoms with Crippen LogP contribution in [0.15, 0.2) is 64.5 Å². The first-order valence-corrected chi connectivity index (χ1v) is 8.00. The number of benzene rings is 2. The standard InChI is InChI=1S/C18H16N2OS/c1-2-14-10-6-7-11-15(14)19-18-20-17(21)16(22-18)12-13-8-4-3-5-9-13/h3-12H,2H2,1H3,(H,19,20,21). The maximum absolute atomic E-state index is 12.1. The quantitative estimate of drug-likeness (QED) is 0.866. The van der Waals surface area contributed by atoms with Gasteiger partial charge in [-0.25, -0.2) is 4.99 Å². The molecule has 0 bridgehead atoms. The Morgan fingerprint density at radius 2 is 1.82 bits per heavy atom. The van der Waals surface area contributed by atoms with Crippen molar-refractivity contribution in [3.63, 3.8) is 0 Å². The number of aryl methyl sites for hydroxylation is 1. The summed E-state index contributed by atoms with van der Waals surface area (Å²) in [6.45, 7) is 2.10. The van der Waals surface area contributed by atoms with Crippen LogP contribution in [0, 0.1) is 0 Å². The molecule has 1 fully saturated rings. The fraction of sp³-hybridized carbons (Fsp3) is 0.111. The van der Waals surface area contributed by atoms with Crippen LogP contribution in [0.5, 0.6) is 0 Å². The summed E-state index contributed by atoms with van der Waals surface area (Å²) in [5, 5.41) is 3.46. The number of thioether (sulfide) groups is 1. The summed E-state index contributed by atoms with van der Waals surface area (Å²) < 4.78 is 0. The number of amides is 1. The van der Waals surface area contributed by atoms with Crippen LogP contribution in [0.4, 0.5) is 5.69 Å². The summed E-state index contributed by atoms with van der Waals surface area (Å²) in [7, 11) is 0. The fourth-order valence-electron chi connectivity index (χ4n) is 2.21. The monoisotopic (exact) mass is 308 g/mol. The first-order chi connectivity index (χ1) is 10.8. The molecule has 1 saturated heterocycles. The lowest BCUT2D eigenvalue weighted by Gasteiger charge is -2.02. The molecular weight excluding hydrogens is 292 g/mol. The van der Waals surface area contributed by atoms with E-state index >= 15 is 0 Å². The lowest BCUT2D eigenvalue weighted by Crippen LogP contribution is -2.19. The third-order valence-electron chi connectivity index (χ3n) is 3.34. The van der Waals surface area contributed by atoms with E-state index in [-0.39, 0.29) is 5.91 Å². The minimum absolute atomic E-state index is 0.0958. The highest BCUT2D eigenvalue weighted by Crippen LogP contribution is 2.29. The molecule has 1 aliphatic rings. The van der Waals surface area contributed by atoms with E-state index < -0.39 is 0 Å². The zero-order chi connectivity index (χ0) is 15.4. The molecule has 0 unspecified atom stereocenters. The molecule has 1 heterocycles. The van der Waals surface area contributed by atoms with Crippen LogP contribution < -0.4 is 5.32 Å². The number of nitrogens with one attached hydrogen (secondary N) is 1. The molecule has 0 aromatic heterocycles. The van der Waals surface area contributed by atoms with Crippen LogP contribution in [0.2, 0.25) is 0 Å². The maximum Gasteiger partial charge on any atom is 0.264 e. The number of carbonyl (C=O) groups is 1. The number of hydrogen-bond donors (Lipinski definition) is 1. The van der Waals surface area contributed by atoms with Gasteiger partial charge in [0.15, 0.2) is 5.17 Å². The number of amidine groups is 1. The SMILES string of the molecule is CCc1ccccc1N=C1NC(=O)C(=Cc2ccccc2)S1. The van der Waals surface area contributed by atoms with E-state index in [0.717, 1.165) is 17.7 Å². The average molecular weight is 308 g/mol. The molecule has 4 heteroatoms. The van der Waals surface area contributed by atoms with Gasteiger partial charge in [-0.15, -0.1) is 0 Å². The molecule has 22 heavy (non-hydrogen) atoms. The van der Waals surface area contributed by atoms with Gasteiger partial charge in [-0.3, -0.25) is 4.79 Å². The van der Waals surface area contributed by atoms with Gasteiger partial charge in [-0.1, -0.05) is 55.5 Å². The predicted molar refractivity (Wildman–Crippen MR) is 93.1 cm³/mol. The number of aliphatic imine (C=N–C) groups is 1.